The van der Waals surface area contributed by atoms with Gasteiger partial charge in [0.25, 0.3) is 0 Å². The van der Waals surface area contributed by atoms with Gasteiger partial charge >= 0.3 is 0 Å². The van der Waals surface area contributed by atoms with Gasteiger partial charge in [-0.05, 0) is 61.3 Å². The maximum atomic E-state index is 13.9. The van der Waals surface area contributed by atoms with Crippen molar-refractivity contribution in [3.05, 3.63) is 59.4 Å². The minimum atomic E-state index is -0.367. The summed E-state index contributed by atoms with van der Waals surface area (Å²) in [5, 5.41) is 6.69. The predicted octanol–water partition coefficient (Wildman–Crippen LogP) is 3.96. The number of hydrogen-bond acceptors (Lipinski definition) is 4. The van der Waals surface area contributed by atoms with Crippen molar-refractivity contribution >= 4 is 29.9 Å². The van der Waals surface area contributed by atoms with Crippen molar-refractivity contribution in [2.45, 2.75) is 25.4 Å². The van der Waals surface area contributed by atoms with Crippen LogP contribution in [0.5, 0.6) is 11.5 Å². The number of benzene rings is 2. The topological polar surface area (TPSA) is 58.1 Å². The molecule has 0 saturated carbocycles. The molecule has 1 saturated heterocycles. The lowest BCUT2D eigenvalue weighted by molar-refractivity contribution is 0.245. The molecule has 1 heterocycles. The number of nitrogens with one attached hydrogen (secondary N) is 2. The van der Waals surface area contributed by atoms with Crippen LogP contribution in [0.15, 0.2) is 47.5 Å². The quantitative estimate of drug-likeness (QED) is 0.301. The third-order valence-corrected chi connectivity index (χ3v) is 5.44. The Morgan fingerprint density at radius 2 is 1.77 bits per heavy atom. The molecular formula is C23H32FIN4O2. The second-order valence-electron chi connectivity index (χ2n) is 7.31. The first-order valence-corrected chi connectivity index (χ1v) is 10.3. The Morgan fingerprint density at radius 1 is 1.06 bits per heavy atom. The molecule has 1 aliphatic heterocycles. The van der Waals surface area contributed by atoms with E-state index in [1.807, 2.05) is 18.2 Å². The molecular weight excluding hydrogens is 510 g/mol. The average molecular weight is 542 g/mol. The fourth-order valence-electron chi connectivity index (χ4n) is 3.76. The van der Waals surface area contributed by atoms with Crippen LogP contribution in [0.1, 0.15) is 30.0 Å². The van der Waals surface area contributed by atoms with E-state index in [4.69, 9.17) is 9.47 Å². The van der Waals surface area contributed by atoms with E-state index in [9.17, 15) is 4.39 Å². The lowest BCUT2D eigenvalue weighted by Crippen LogP contribution is -2.42. The summed E-state index contributed by atoms with van der Waals surface area (Å²) in [6.45, 7) is 3.38. The molecule has 0 radical (unpaired) electrons. The van der Waals surface area contributed by atoms with Gasteiger partial charge in [-0.2, -0.15) is 0 Å². The van der Waals surface area contributed by atoms with Gasteiger partial charge in [0.15, 0.2) is 17.5 Å². The van der Waals surface area contributed by atoms with Gasteiger partial charge in [0.1, 0.15) is 5.75 Å². The molecule has 1 aliphatic rings. The van der Waals surface area contributed by atoms with E-state index in [2.05, 4.69) is 32.7 Å². The molecule has 8 heteroatoms. The first-order valence-electron chi connectivity index (χ1n) is 10.3. The second kappa shape index (κ2) is 12.7. The molecule has 0 aromatic heterocycles. The number of halogens is 2. The number of hydrogen-bond donors (Lipinski definition) is 2. The summed E-state index contributed by atoms with van der Waals surface area (Å²) >= 11 is 0. The maximum absolute atomic E-state index is 13.9. The Morgan fingerprint density at radius 3 is 2.35 bits per heavy atom. The summed E-state index contributed by atoms with van der Waals surface area (Å²) in [4.78, 5) is 6.82. The van der Waals surface area contributed by atoms with E-state index in [0.29, 0.717) is 12.5 Å². The largest absolute Gasteiger partial charge is 0.497 e. The van der Waals surface area contributed by atoms with Crippen molar-refractivity contribution in [3.63, 3.8) is 0 Å². The Bertz CT molecular complexity index is 842. The molecule has 0 aliphatic carbocycles. The lowest BCUT2D eigenvalue weighted by atomic mass is 10.1. The minimum absolute atomic E-state index is 0. The molecule has 2 aromatic rings. The number of ether oxygens (including phenoxy) is 2. The Hall–Kier alpha value is -2.07. The van der Waals surface area contributed by atoms with Gasteiger partial charge in [0, 0.05) is 20.1 Å². The van der Waals surface area contributed by atoms with Crippen LogP contribution in [0.3, 0.4) is 0 Å². The van der Waals surface area contributed by atoms with Gasteiger partial charge in [-0.3, -0.25) is 9.89 Å². The SMILES string of the molecule is CN=C(NCc1ccc(OC)c(F)c1)NCC(c1ccc(OC)cc1)N1CCCC1.I. The summed E-state index contributed by atoms with van der Waals surface area (Å²) in [5.74, 6) is 1.42. The molecule has 0 spiro atoms. The van der Waals surface area contributed by atoms with Crippen LogP contribution in [-0.2, 0) is 6.54 Å². The molecule has 1 unspecified atom stereocenters. The van der Waals surface area contributed by atoms with Crippen LogP contribution in [-0.4, -0.2) is 51.8 Å². The van der Waals surface area contributed by atoms with Gasteiger partial charge in [-0.1, -0.05) is 18.2 Å². The van der Waals surface area contributed by atoms with Crippen LogP contribution in [0.4, 0.5) is 4.39 Å². The van der Waals surface area contributed by atoms with E-state index in [0.717, 1.165) is 30.9 Å². The van der Waals surface area contributed by atoms with Crippen LogP contribution < -0.4 is 20.1 Å². The van der Waals surface area contributed by atoms with Crippen molar-refractivity contribution in [3.8, 4) is 11.5 Å². The van der Waals surface area contributed by atoms with Crippen molar-refractivity contribution in [1.29, 1.82) is 0 Å². The van der Waals surface area contributed by atoms with Gasteiger partial charge in [0.05, 0.1) is 20.3 Å². The van der Waals surface area contributed by atoms with Crippen molar-refractivity contribution in [2.75, 3.05) is 40.9 Å². The summed E-state index contributed by atoms with van der Waals surface area (Å²) in [6, 6.07) is 13.5. The molecule has 1 fully saturated rings. The molecule has 170 valence electrons. The summed E-state index contributed by atoms with van der Waals surface area (Å²) < 4.78 is 24.2. The summed E-state index contributed by atoms with van der Waals surface area (Å²) in [6.07, 6.45) is 2.45. The fraction of sp³-hybridized carbons (Fsp3) is 0.435. The van der Waals surface area contributed by atoms with Crippen LogP contribution in [0, 0.1) is 5.82 Å². The number of likely N-dealkylation sites (tertiary alicyclic amines) is 1. The van der Waals surface area contributed by atoms with Crippen LogP contribution >= 0.6 is 24.0 Å². The molecule has 0 amide bonds. The third kappa shape index (κ3) is 6.96. The molecule has 2 aromatic carbocycles. The zero-order valence-electron chi connectivity index (χ0n) is 18.4. The number of guanidine groups is 1. The maximum Gasteiger partial charge on any atom is 0.191 e. The number of nitrogens with zero attached hydrogens (tertiary/aromatic N) is 2. The number of aliphatic imine (C=N–C) groups is 1. The molecule has 6 nitrogen and oxygen atoms in total. The molecule has 2 N–H and O–H groups in total. The van der Waals surface area contributed by atoms with Crippen molar-refractivity contribution in [1.82, 2.24) is 15.5 Å². The monoisotopic (exact) mass is 542 g/mol. The first kappa shape index (κ1) is 25.2. The van der Waals surface area contributed by atoms with Crippen LogP contribution in [0.2, 0.25) is 0 Å². The van der Waals surface area contributed by atoms with Crippen LogP contribution in [0.25, 0.3) is 0 Å². The van der Waals surface area contributed by atoms with E-state index in [1.54, 1.807) is 20.2 Å². The number of methoxy groups -OCH3 is 2. The van der Waals surface area contributed by atoms with Crippen molar-refractivity contribution < 1.29 is 13.9 Å². The highest BCUT2D eigenvalue weighted by molar-refractivity contribution is 14.0. The third-order valence-electron chi connectivity index (χ3n) is 5.44. The molecule has 3 rings (SSSR count). The van der Waals surface area contributed by atoms with Gasteiger partial charge < -0.3 is 20.1 Å². The zero-order valence-corrected chi connectivity index (χ0v) is 20.7. The highest BCUT2D eigenvalue weighted by Crippen LogP contribution is 2.26. The summed E-state index contributed by atoms with van der Waals surface area (Å²) in [7, 11) is 4.88. The normalized spacial score (nSPS) is 15.2. The average Bonchev–Trinajstić information content (AvgIpc) is 3.31. The zero-order chi connectivity index (χ0) is 21.3. The Balaban J connectivity index is 0.00000341. The molecule has 31 heavy (non-hydrogen) atoms. The smallest absolute Gasteiger partial charge is 0.191 e. The van der Waals surface area contributed by atoms with Gasteiger partial charge in [0.2, 0.25) is 0 Å². The highest BCUT2D eigenvalue weighted by atomic mass is 127. The lowest BCUT2D eigenvalue weighted by Gasteiger charge is -2.29. The van der Waals surface area contributed by atoms with E-state index >= 15 is 0 Å². The minimum Gasteiger partial charge on any atom is -0.497 e. The Kier molecular flexibility index (Phi) is 10.3. The van der Waals surface area contributed by atoms with Gasteiger partial charge in [-0.25, -0.2) is 4.39 Å². The highest BCUT2D eigenvalue weighted by Gasteiger charge is 2.23. The number of rotatable bonds is 8. The molecule has 1 atom stereocenters. The first-order chi connectivity index (χ1) is 14.6. The predicted molar refractivity (Wildman–Crippen MR) is 133 cm³/mol. The van der Waals surface area contributed by atoms with E-state index in [-0.39, 0.29) is 41.6 Å². The standard InChI is InChI=1S/C23H31FN4O2.HI/c1-25-23(26-15-17-6-11-22(30-3)20(24)14-17)27-16-21(28-12-4-5-13-28)18-7-9-19(29-2)10-8-18;/h6-11,14,21H,4-5,12-13,15-16H2,1-3H3,(H2,25,26,27);1H. The van der Waals surface area contributed by atoms with E-state index < -0.39 is 0 Å². The van der Waals surface area contributed by atoms with Gasteiger partial charge in [-0.15, -0.1) is 24.0 Å². The second-order valence-corrected chi connectivity index (χ2v) is 7.31. The van der Waals surface area contributed by atoms with E-state index in [1.165, 1.54) is 31.6 Å². The Labute approximate surface area is 201 Å². The fourth-order valence-corrected chi connectivity index (χ4v) is 3.76. The molecule has 0 bridgehead atoms. The van der Waals surface area contributed by atoms with Crippen molar-refractivity contribution in [2.24, 2.45) is 4.99 Å². The summed E-state index contributed by atoms with van der Waals surface area (Å²) in [5.41, 5.74) is 2.07.